The Morgan fingerprint density at radius 3 is 2.65 bits per heavy atom. The van der Waals surface area contributed by atoms with Crippen LogP contribution in [0.15, 0.2) is 0 Å². The highest BCUT2D eigenvalue weighted by atomic mass is 16.5. The third kappa shape index (κ3) is 2.99. The maximum absolute atomic E-state index is 11.6. The Balaban J connectivity index is 1.63. The molecule has 2 fully saturated rings. The summed E-state index contributed by atoms with van der Waals surface area (Å²) in [6, 6.07) is 0.388. The van der Waals surface area contributed by atoms with Crippen molar-refractivity contribution >= 4 is 5.91 Å². The summed E-state index contributed by atoms with van der Waals surface area (Å²) in [7, 11) is 1.75. The first-order valence-corrected chi connectivity index (χ1v) is 6.57. The summed E-state index contributed by atoms with van der Waals surface area (Å²) >= 11 is 0. The third-order valence-corrected chi connectivity index (χ3v) is 4.26. The number of hydrogen-bond donors (Lipinski definition) is 2. The molecule has 2 unspecified atom stereocenters. The predicted molar refractivity (Wildman–Crippen MR) is 66.7 cm³/mol. The van der Waals surface area contributed by atoms with Crippen molar-refractivity contribution in [1.29, 1.82) is 0 Å². The highest BCUT2D eigenvalue weighted by molar-refractivity contribution is 5.78. The van der Waals surface area contributed by atoms with Crippen LogP contribution in [0, 0.1) is 11.3 Å². The number of carbonyl (C=O) groups excluding carboxylic acids is 1. The van der Waals surface area contributed by atoms with Crippen molar-refractivity contribution < 1.29 is 9.53 Å². The van der Waals surface area contributed by atoms with Crippen molar-refractivity contribution in [2.45, 2.75) is 45.3 Å². The van der Waals surface area contributed by atoms with Gasteiger partial charge in [-0.05, 0) is 25.2 Å². The largest absolute Gasteiger partial charge is 0.381 e. The van der Waals surface area contributed by atoms with Gasteiger partial charge in [0.2, 0.25) is 5.91 Å². The Hall–Kier alpha value is -0.610. The zero-order valence-electron chi connectivity index (χ0n) is 11.1. The topological polar surface area (TPSA) is 50.4 Å². The fourth-order valence-corrected chi connectivity index (χ4v) is 2.49. The summed E-state index contributed by atoms with van der Waals surface area (Å²) in [6.45, 7) is 5.65. The van der Waals surface area contributed by atoms with Gasteiger partial charge >= 0.3 is 0 Å². The normalized spacial score (nSPS) is 30.8. The van der Waals surface area contributed by atoms with Crippen LogP contribution in [-0.4, -0.2) is 38.3 Å². The van der Waals surface area contributed by atoms with E-state index in [1.54, 1.807) is 7.11 Å². The fraction of sp³-hybridized carbons (Fsp3) is 0.923. The van der Waals surface area contributed by atoms with Crippen LogP contribution in [0.2, 0.25) is 0 Å². The van der Waals surface area contributed by atoms with Gasteiger partial charge in [0.15, 0.2) is 0 Å². The van der Waals surface area contributed by atoms with Gasteiger partial charge in [-0.25, -0.2) is 0 Å². The number of carbonyl (C=O) groups is 1. The summed E-state index contributed by atoms with van der Waals surface area (Å²) in [5.74, 6) is 0.866. The molecule has 0 aromatic carbocycles. The van der Waals surface area contributed by atoms with E-state index in [2.05, 4.69) is 24.5 Å². The Morgan fingerprint density at radius 1 is 1.41 bits per heavy atom. The SMILES string of the molecule is COC1CC(NCC(=O)NCC2CC2)C1(C)C. The van der Waals surface area contributed by atoms with E-state index in [4.69, 9.17) is 4.74 Å². The van der Waals surface area contributed by atoms with Crippen molar-refractivity contribution in [3.05, 3.63) is 0 Å². The molecule has 4 nitrogen and oxygen atoms in total. The van der Waals surface area contributed by atoms with Gasteiger partial charge in [0.1, 0.15) is 0 Å². The van der Waals surface area contributed by atoms with E-state index in [9.17, 15) is 4.79 Å². The molecule has 0 aromatic heterocycles. The maximum Gasteiger partial charge on any atom is 0.233 e. The molecule has 2 N–H and O–H groups in total. The van der Waals surface area contributed by atoms with Crippen LogP contribution < -0.4 is 10.6 Å². The summed E-state index contributed by atoms with van der Waals surface area (Å²) in [5.41, 5.74) is 0.130. The molecule has 2 aliphatic carbocycles. The second kappa shape index (κ2) is 4.94. The quantitative estimate of drug-likeness (QED) is 0.726. The molecule has 2 saturated carbocycles. The molecule has 0 bridgehead atoms. The summed E-state index contributed by atoms with van der Waals surface area (Å²) in [4.78, 5) is 11.6. The minimum atomic E-state index is 0.119. The van der Waals surface area contributed by atoms with Crippen LogP contribution in [-0.2, 0) is 9.53 Å². The fourth-order valence-electron chi connectivity index (χ4n) is 2.49. The van der Waals surface area contributed by atoms with Crippen LogP contribution in [0.25, 0.3) is 0 Å². The van der Waals surface area contributed by atoms with E-state index in [0.29, 0.717) is 18.7 Å². The van der Waals surface area contributed by atoms with Gasteiger partial charge in [-0.1, -0.05) is 13.8 Å². The third-order valence-electron chi connectivity index (χ3n) is 4.26. The van der Waals surface area contributed by atoms with Crippen LogP contribution in [0.1, 0.15) is 33.1 Å². The van der Waals surface area contributed by atoms with Gasteiger partial charge in [0, 0.05) is 25.1 Å². The molecule has 2 rings (SSSR count). The standard InChI is InChI=1S/C13H24N2O2/c1-13(2)10(6-11(13)17-3)14-8-12(16)15-7-9-4-5-9/h9-11,14H,4-8H2,1-3H3,(H,15,16). The number of ether oxygens (including phenoxy) is 1. The molecular formula is C13H24N2O2. The first-order valence-electron chi connectivity index (χ1n) is 6.57. The lowest BCUT2D eigenvalue weighted by atomic mass is 9.64. The van der Waals surface area contributed by atoms with Gasteiger partial charge in [0.25, 0.3) is 0 Å². The van der Waals surface area contributed by atoms with E-state index < -0.39 is 0 Å². The number of nitrogens with one attached hydrogen (secondary N) is 2. The van der Waals surface area contributed by atoms with Gasteiger partial charge in [-0.15, -0.1) is 0 Å². The molecule has 2 aliphatic rings. The van der Waals surface area contributed by atoms with E-state index >= 15 is 0 Å². The van der Waals surface area contributed by atoms with Crippen molar-refractivity contribution in [3.8, 4) is 0 Å². The number of hydrogen-bond acceptors (Lipinski definition) is 3. The maximum atomic E-state index is 11.6. The highest BCUT2D eigenvalue weighted by Crippen LogP contribution is 2.42. The summed E-state index contributed by atoms with van der Waals surface area (Å²) < 4.78 is 5.39. The minimum Gasteiger partial charge on any atom is -0.381 e. The Kier molecular flexibility index (Phi) is 3.73. The van der Waals surface area contributed by atoms with Crippen molar-refractivity contribution in [3.63, 3.8) is 0 Å². The van der Waals surface area contributed by atoms with E-state index in [-0.39, 0.29) is 11.3 Å². The first-order chi connectivity index (χ1) is 8.04. The van der Waals surface area contributed by atoms with Crippen LogP contribution in [0.5, 0.6) is 0 Å². The molecule has 0 radical (unpaired) electrons. The second-order valence-electron chi connectivity index (χ2n) is 5.96. The zero-order valence-corrected chi connectivity index (χ0v) is 11.1. The number of rotatable bonds is 6. The lowest BCUT2D eigenvalue weighted by molar-refractivity contribution is -0.123. The molecule has 0 saturated heterocycles. The van der Waals surface area contributed by atoms with Crippen LogP contribution in [0.3, 0.4) is 0 Å². The van der Waals surface area contributed by atoms with Crippen LogP contribution in [0.4, 0.5) is 0 Å². The van der Waals surface area contributed by atoms with E-state index in [1.807, 2.05) is 0 Å². The summed E-state index contributed by atoms with van der Waals surface area (Å²) in [6.07, 6.45) is 3.87. The molecule has 2 atom stereocenters. The molecular weight excluding hydrogens is 216 g/mol. The molecule has 0 aliphatic heterocycles. The Labute approximate surface area is 103 Å². The first kappa shape index (κ1) is 12.8. The average Bonchev–Trinajstić information content (AvgIpc) is 3.09. The van der Waals surface area contributed by atoms with Crippen molar-refractivity contribution in [2.75, 3.05) is 20.2 Å². The Bertz CT molecular complexity index is 287. The van der Waals surface area contributed by atoms with E-state index in [0.717, 1.165) is 18.9 Å². The molecule has 0 heterocycles. The summed E-state index contributed by atoms with van der Waals surface area (Å²) in [5, 5.41) is 6.29. The van der Waals surface area contributed by atoms with Gasteiger partial charge < -0.3 is 15.4 Å². The predicted octanol–water partition coefficient (Wildman–Crippen LogP) is 0.916. The zero-order chi connectivity index (χ0) is 12.5. The number of amides is 1. The Morgan fingerprint density at radius 2 is 2.12 bits per heavy atom. The van der Waals surface area contributed by atoms with Crippen LogP contribution >= 0.6 is 0 Å². The average molecular weight is 240 g/mol. The molecule has 0 aromatic rings. The lowest BCUT2D eigenvalue weighted by Gasteiger charge is -2.51. The highest BCUT2D eigenvalue weighted by Gasteiger charge is 2.48. The molecule has 98 valence electrons. The minimum absolute atomic E-state index is 0.119. The van der Waals surface area contributed by atoms with Crippen molar-refractivity contribution in [2.24, 2.45) is 11.3 Å². The molecule has 17 heavy (non-hydrogen) atoms. The smallest absolute Gasteiger partial charge is 0.233 e. The van der Waals surface area contributed by atoms with E-state index in [1.165, 1.54) is 12.8 Å². The monoisotopic (exact) mass is 240 g/mol. The van der Waals surface area contributed by atoms with Gasteiger partial charge in [-0.3, -0.25) is 4.79 Å². The van der Waals surface area contributed by atoms with Crippen molar-refractivity contribution in [1.82, 2.24) is 10.6 Å². The molecule has 0 spiro atoms. The molecule has 4 heteroatoms. The number of methoxy groups -OCH3 is 1. The lowest BCUT2D eigenvalue weighted by Crippen LogP contribution is -2.61. The van der Waals surface area contributed by atoms with Gasteiger partial charge in [-0.2, -0.15) is 0 Å². The molecule has 1 amide bonds. The second-order valence-corrected chi connectivity index (χ2v) is 5.96. The van der Waals surface area contributed by atoms with Gasteiger partial charge in [0.05, 0.1) is 12.6 Å².